The van der Waals surface area contributed by atoms with Gasteiger partial charge < -0.3 is 10.6 Å². The number of nitrogen functional groups attached to an aromatic ring is 1. The summed E-state index contributed by atoms with van der Waals surface area (Å²) in [7, 11) is 1.65. The maximum absolute atomic E-state index is 12.4. The van der Waals surface area contributed by atoms with E-state index in [1.807, 2.05) is 12.1 Å². The second kappa shape index (κ2) is 5.51. The van der Waals surface area contributed by atoms with Crippen molar-refractivity contribution in [1.82, 2.24) is 0 Å². The standard InChI is InChI=1S/C14H12Cl2N2O/c1-18(13-5-3-2-4-12(13)17)14(19)10-7-6-9(15)8-11(10)16/h2-8H,17H2,1H3. The van der Waals surface area contributed by atoms with Crippen LogP contribution in [0.2, 0.25) is 10.0 Å². The molecule has 0 saturated carbocycles. The molecule has 0 unspecified atom stereocenters. The van der Waals surface area contributed by atoms with Gasteiger partial charge in [-0.25, -0.2) is 0 Å². The lowest BCUT2D eigenvalue weighted by Gasteiger charge is -2.19. The number of para-hydroxylation sites is 2. The second-order valence-corrected chi connectivity index (χ2v) is 4.89. The molecule has 0 saturated heterocycles. The van der Waals surface area contributed by atoms with Crippen molar-refractivity contribution in [3.8, 4) is 0 Å². The van der Waals surface area contributed by atoms with E-state index < -0.39 is 0 Å². The van der Waals surface area contributed by atoms with Gasteiger partial charge in [-0.3, -0.25) is 4.79 Å². The van der Waals surface area contributed by atoms with Crippen molar-refractivity contribution in [1.29, 1.82) is 0 Å². The molecule has 2 aromatic carbocycles. The zero-order chi connectivity index (χ0) is 14.0. The SMILES string of the molecule is CN(C(=O)c1ccc(Cl)cc1Cl)c1ccccc1N. The fraction of sp³-hybridized carbons (Fsp3) is 0.0714. The van der Waals surface area contributed by atoms with Gasteiger partial charge in [0.15, 0.2) is 0 Å². The summed E-state index contributed by atoms with van der Waals surface area (Å²) in [6.45, 7) is 0. The summed E-state index contributed by atoms with van der Waals surface area (Å²) < 4.78 is 0. The van der Waals surface area contributed by atoms with Crippen LogP contribution in [-0.4, -0.2) is 13.0 Å². The number of nitrogens with two attached hydrogens (primary N) is 1. The Morgan fingerprint density at radius 3 is 2.47 bits per heavy atom. The minimum absolute atomic E-state index is 0.237. The molecule has 0 spiro atoms. The van der Waals surface area contributed by atoms with Crippen LogP contribution in [-0.2, 0) is 0 Å². The third kappa shape index (κ3) is 2.83. The molecule has 0 aromatic heterocycles. The van der Waals surface area contributed by atoms with Crippen molar-refractivity contribution in [3.05, 3.63) is 58.1 Å². The molecule has 0 fully saturated rings. The molecule has 0 aliphatic heterocycles. The molecule has 0 heterocycles. The van der Waals surface area contributed by atoms with Gasteiger partial charge in [-0.05, 0) is 30.3 Å². The molecule has 1 amide bonds. The molecule has 2 rings (SSSR count). The van der Waals surface area contributed by atoms with Crippen LogP contribution in [0, 0.1) is 0 Å². The maximum Gasteiger partial charge on any atom is 0.259 e. The van der Waals surface area contributed by atoms with Crippen LogP contribution in [0.1, 0.15) is 10.4 Å². The van der Waals surface area contributed by atoms with Gasteiger partial charge in [0.1, 0.15) is 0 Å². The molecular weight excluding hydrogens is 283 g/mol. The summed E-state index contributed by atoms with van der Waals surface area (Å²) in [5.41, 5.74) is 7.41. The van der Waals surface area contributed by atoms with Gasteiger partial charge in [0.2, 0.25) is 0 Å². The zero-order valence-corrected chi connectivity index (χ0v) is 11.7. The van der Waals surface area contributed by atoms with Crippen LogP contribution >= 0.6 is 23.2 Å². The minimum atomic E-state index is -0.237. The maximum atomic E-state index is 12.4. The highest BCUT2D eigenvalue weighted by Crippen LogP contribution is 2.26. The Labute approximate surface area is 121 Å². The number of carbonyl (C=O) groups excluding carboxylic acids is 1. The molecule has 2 aromatic rings. The number of amides is 1. The van der Waals surface area contributed by atoms with Gasteiger partial charge in [0, 0.05) is 12.1 Å². The first-order valence-corrected chi connectivity index (χ1v) is 6.34. The Balaban J connectivity index is 2.37. The molecule has 5 heteroatoms. The Bertz CT molecular complexity index is 629. The Morgan fingerprint density at radius 1 is 1.16 bits per heavy atom. The number of hydrogen-bond donors (Lipinski definition) is 1. The lowest BCUT2D eigenvalue weighted by atomic mass is 10.1. The van der Waals surface area contributed by atoms with E-state index in [4.69, 9.17) is 28.9 Å². The second-order valence-electron chi connectivity index (χ2n) is 4.05. The highest BCUT2D eigenvalue weighted by Gasteiger charge is 2.18. The van der Waals surface area contributed by atoms with Gasteiger partial charge in [0.05, 0.1) is 22.0 Å². The predicted octanol–water partition coefficient (Wildman–Crippen LogP) is 3.85. The Kier molecular flexibility index (Phi) is 3.98. The van der Waals surface area contributed by atoms with Crippen molar-refractivity contribution >= 4 is 40.5 Å². The first kappa shape index (κ1) is 13.7. The van der Waals surface area contributed by atoms with Crippen molar-refractivity contribution < 1.29 is 4.79 Å². The summed E-state index contributed by atoms with van der Waals surface area (Å²) in [6.07, 6.45) is 0. The van der Waals surface area contributed by atoms with E-state index in [2.05, 4.69) is 0 Å². The quantitative estimate of drug-likeness (QED) is 0.855. The average molecular weight is 295 g/mol. The van der Waals surface area contributed by atoms with Gasteiger partial charge in [-0.2, -0.15) is 0 Å². The molecular formula is C14H12Cl2N2O. The van der Waals surface area contributed by atoms with E-state index in [-0.39, 0.29) is 5.91 Å². The van der Waals surface area contributed by atoms with Crippen LogP contribution in [0.5, 0.6) is 0 Å². The van der Waals surface area contributed by atoms with Gasteiger partial charge >= 0.3 is 0 Å². The van der Waals surface area contributed by atoms with E-state index in [0.29, 0.717) is 27.0 Å². The number of hydrogen-bond acceptors (Lipinski definition) is 2. The van der Waals surface area contributed by atoms with Crippen LogP contribution in [0.4, 0.5) is 11.4 Å². The topological polar surface area (TPSA) is 46.3 Å². The normalized spacial score (nSPS) is 10.3. The summed E-state index contributed by atoms with van der Waals surface area (Å²) in [5, 5.41) is 0.808. The lowest BCUT2D eigenvalue weighted by molar-refractivity contribution is 0.0993. The average Bonchev–Trinajstić information content (AvgIpc) is 2.38. The fourth-order valence-electron chi connectivity index (χ4n) is 1.75. The Morgan fingerprint density at radius 2 is 1.84 bits per heavy atom. The fourth-order valence-corrected chi connectivity index (χ4v) is 2.24. The van der Waals surface area contributed by atoms with Crippen LogP contribution in [0.15, 0.2) is 42.5 Å². The molecule has 98 valence electrons. The van der Waals surface area contributed by atoms with Gasteiger partial charge in [-0.1, -0.05) is 35.3 Å². The largest absolute Gasteiger partial charge is 0.397 e. The molecule has 0 aliphatic rings. The molecule has 2 N–H and O–H groups in total. The summed E-state index contributed by atoms with van der Waals surface area (Å²) >= 11 is 11.8. The van der Waals surface area contributed by atoms with E-state index in [1.165, 1.54) is 4.90 Å². The van der Waals surface area contributed by atoms with E-state index in [0.717, 1.165) is 0 Å². The number of nitrogens with zero attached hydrogens (tertiary/aromatic N) is 1. The number of carbonyl (C=O) groups is 1. The van der Waals surface area contributed by atoms with E-state index >= 15 is 0 Å². The molecule has 0 aliphatic carbocycles. The minimum Gasteiger partial charge on any atom is -0.397 e. The number of rotatable bonds is 2. The van der Waals surface area contributed by atoms with Gasteiger partial charge in [-0.15, -0.1) is 0 Å². The monoisotopic (exact) mass is 294 g/mol. The lowest BCUT2D eigenvalue weighted by Crippen LogP contribution is -2.27. The third-order valence-electron chi connectivity index (χ3n) is 2.76. The molecule has 3 nitrogen and oxygen atoms in total. The van der Waals surface area contributed by atoms with Crippen molar-refractivity contribution in [2.24, 2.45) is 0 Å². The van der Waals surface area contributed by atoms with Gasteiger partial charge in [0.25, 0.3) is 5.91 Å². The first-order valence-electron chi connectivity index (χ1n) is 5.58. The number of anilines is 2. The summed E-state index contributed by atoms with van der Waals surface area (Å²) in [4.78, 5) is 13.8. The summed E-state index contributed by atoms with van der Waals surface area (Å²) in [5.74, 6) is -0.237. The predicted molar refractivity (Wildman–Crippen MR) is 80.0 cm³/mol. The Hall–Kier alpha value is -1.71. The summed E-state index contributed by atoms with van der Waals surface area (Å²) in [6, 6.07) is 11.9. The van der Waals surface area contributed by atoms with Crippen molar-refractivity contribution in [2.45, 2.75) is 0 Å². The van der Waals surface area contributed by atoms with Crippen LogP contribution in [0.25, 0.3) is 0 Å². The zero-order valence-electron chi connectivity index (χ0n) is 10.2. The highest BCUT2D eigenvalue weighted by molar-refractivity contribution is 6.37. The van der Waals surface area contributed by atoms with Crippen molar-refractivity contribution in [2.75, 3.05) is 17.7 Å². The van der Waals surface area contributed by atoms with E-state index in [1.54, 1.807) is 37.4 Å². The smallest absolute Gasteiger partial charge is 0.259 e. The molecule has 0 bridgehead atoms. The number of halogens is 2. The highest BCUT2D eigenvalue weighted by atomic mass is 35.5. The van der Waals surface area contributed by atoms with Crippen LogP contribution < -0.4 is 10.6 Å². The van der Waals surface area contributed by atoms with E-state index in [9.17, 15) is 4.79 Å². The molecule has 19 heavy (non-hydrogen) atoms. The number of benzene rings is 2. The van der Waals surface area contributed by atoms with Crippen LogP contribution in [0.3, 0.4) is 0 Å². The first-order chi connectivity index (χ1) is 9.00. The van der Waals surface area contributed by atoms with Crippen molar-refractivity contribution in [3.63, 3.8) is 0 Å². The molecule has 0 radical (unpaired) electrons. The molecule has 0 atom stereocenters. The third-order valence-corrected chi connectivity index (χ3v) is 3.31.